The molecule has 1 N–H and O–H groups in total. The summed E-state index contributed by atoms with van der Waals surface area (Å²) in [4.78, 5) is 0. The van der Waals surface area contributed by atoms with Crippen LogP contribution < -0.4 is 10.1 Å². The Morgan fingerprint density at radius 3 is 2.72 bits per heavy atom. The van der Waals surface area contributed by atoms with Gasteiger partial charge in [-0.25, -0.2) is 0 Å². The van der Waals surface area contributed by atoms with Gasteiger partial charge in [-0.05, 0) is 31.2 Å². The minimum atomic E-state index is 0.340. The van der Waals surface area contributed by atoms with E-state index in [0.717, 1.165) is 29.8 Å². The standard InChI is InChI=1S/C14H22BrNO2/c1-4-16-11(2)13-7-6-12(10-14(13)15)18-9-5-8-17-3/h6-7,10-11,16H,4-5,8-9H2,1-3H3. The zero-order chi connectivity index (χ0) is 13.4. The minimum Gasteiger partial charge on any atom is -0.493 e. The van der Waals surface area contributed by atoms with Gasteiger partial charge in [-0.1, -0.05) is 28.9 Å². The average molecular weight is 316 g/mol. The Kier molecular flexibility index (Phi) is 7.32. The lowest BCUT2D eigenvalue weighted by molar-refractivity contribution is 0.172. The van der Waals surface area contributed by atoms with Gasteiger partial charge in [0.15, 0.2) is 0 Å². The van der Waals surface area contributed by atoms with Crippen molar-refractivity contribution in [1.29, 1.82) is 0 Å². The van der Waals surface area contributed by atoms with E-state index in [0.29, 0.717) is 12.6 Å². The van der Waals surface area contributed by atoms with E-state index in [4.69, 9.17) is 9.47 Å². The predicted octanol–water partition coefficient (Wildman–Crippen LogP) is 3.53. The van der Waals surface area contributed by atoms with Crippen LogP contribution in [0.4, 0.5) is 0 Å². The van der Waals surface area contributed by atoms with Crippen LogP contribution in [0, 0.1) is 0 Å². The van der Waals surface area contributed by atoms with Crippen LogP contribution in [0.2, 0.25) is 0 Å². The summed E-state index contributed by atoms with van der Waals surface area (Å²) in [7, 11) is 1.70. The Labute approximate surface area is 118 Å². The van der Waals surface area contributed by atoms with Gasteiger partial charge in [0.25, 0.3) is 0 Å². The van der Waals surface area contributed by atoms with Crippen LogP contribution in [0.5, 0.6) is 5.75 Å². The Morgan fingerprint density at radius 2 is 2.11 bits per heavy atom. The normalized spacial score (nSPS) is 12.4. The van der Waals surface area contributed by atoms with Crippen LogP contribution in [0.1, 0.15) is 31.9 Å². The van der Waals surface area contributed by atoms with Crippen molar-refractivity contribution in [1.82, 2.24) is 5.32 Å². The van der Waals surface area contributed by atoms with Crippen molar-refractivity contribution in [2.24, 2.45) is 0 Å². The van der Waals surface area contributed by atoms with Crippen LogP contribution in [0.15, 0.2) is 22.7 Å². The van der Waals surface area contributed by atoms with Gasteiger partial charge in [0.2, 0.25) is 0 Å². The highest BCUT2D eigenvalue weighted by atomic mass is 79.9. The number of methoxy groups -OCH3 is 1. The molecule has 0 aliphatic carbocycles. The molecule has 18 heavy (non-hydrogen) atoms. The zero-order valence-corrected chi connectivity index (χ0v) is 12.9. The van der Waals surface area contributed by atoms with Crippen molar-refractivity contribution in [2.75, 3.05) is 26.9 Å². The largest absolute Gasteiger partial charge is 0.493 e. The summed E-state index contributed by atoms with van der Waals surface area (Å²) in [6.45, 7) is 6.64. The number of hydrogen-bond acceptors (Lipinski definition) is 3. The van der Waals surface area contributed by atoms with Crippen LogP contribution in [-0.2, 0) is 4.74 Å². The molecule has 0 heterocycles. The first-order chi connectivity index (χ1) is 8.69. The monoisotopic (exact) mass is 315 g/mol. The fourth-order valence-corrected chi connectivity index (χ4v) is 2.46. The first kappa shape index (κ1) is 15.5. The summed E-state index contributed by atoms with van der Waals surface area (Å²) in [6, 6.07) is 6.48. The Hall–Kier alpha value is -0.580. The summed E-state index contributed by atoms with van der Waals surface area (Å²) in [5.41, 5.74) is 1.25. The lowest BCUT2D eigenvalue weighted by atomic mass is 10.1. The molecule has 1 unspecified atom stereocenters. The van der Waals surface area contributed by atoms with Crippen LogP contribution in [0.25, 0.3) is 0 Å². The van der Waals surface area contributed by atoms with Crippen molar-refractivity contribution < 1.29 is 9.47 Å². The SMILES string of the molecule is CCNC(C)c1ccc(OCCCOC)cc1Br. The van der Waals surface area contributed by atoms with Crippen molar-refractivity contribution in [3.8, 4) is 5.75 Å². The maximum Gasteiger partial charge on any atom is 0.120 e. The van der Waals surface area contributed by atoms with Crippen molar-refractivity contribution >= 4 is 15.9 Å². The van der Waals surface area contributed by atoms with Gasteiger partial charge in [0.05, 0.1) is 6.61 Å². The van der Waals surface area contributed by atoms with Gasteiger partial charge in [0, 0.05) is 30.7 Å². The lowest BCUT2D eigenvalue weighted by Gasteiger charge is -2.15. The quantitative estimate of drug-likeness (QED) is 0.744. The second kappa shape index (κ2) is 8.51. The maximum absolute atomic E-state index is 5.65. The molecule has 4 heteroatoms. The first-order valence-corrected chi connectivity index (χ1v) is 7.13. The molecule has 0 bridgehead atoms. The molecule has 102 valence electrons. The molecule has 1 aromatic rings. The number of hydrogen-bond donors (Lipinski definition) is 1. The number of halogens is 1. The van der Waals surface area contributed by atoms with Crippen molar-refractivity contribution in [3.05, 3.63) is 28.2 Å². The third kappa shape index (κ3) is 4.96. The first-order valence-electron chi connectivity index (χ1n) is 6.33. The second-order valence-corrected chi connectivity index (χ2v) is 5.01. The third-order valence-corrected chi connectivity index (χ3v) is 3.40. The molecule has 1 atom stereocenters. The number of rotatable bonds is 8. The molecule has 0 spiro atoms. The van der Waals surface area contributed by atoms with E-state index >= 15 is 0 Å². The molecule has 0 amide bonds. The summed E-state index contributed by atoms with van der Waals surface area (Å²) in [6.07, 6.45) is 0.906. The highest BCUT2D eigenvalue weighted by Crippen LogP contribution is 2.27. The molecular formula is C14H22BrNO2. The van der Waals surface area contributed by atoms with Crippen LogP contribution in [-0.4, -0.2) is 26.9 Å². The van der Waals surface area contributed by atoms with Crippen molar-refractivity contribution in [2.45, 2.75) is 26.3 Å². The molecule has 1 rings (SSSR count). The smallest absolute Gasteiger partial charge is 0.120 e. The third-order valence-electron chi connectivity index (χ3n) is 2.71. The molecule has 1 aromatic carbocycles. The highest BCUT2D eigenvalue weighted by molar-refractivity contribution is 9.10. The van der Waals surface area contributed by atoms with Crippen molar-refractivity contribution in [3.63, 3.8) is 0 Å². The Bertz CT molecular complexity index is 358. The minimum absolute atomic E-state index is 0.340. The molecule has 0 aliphatic heterocycles. The molecule has 0 saturated heterocycles. The topological polar surface area (TPSA) is 30.5 Å². The van der Waals surface area contributed by atoms with Gasteiger partial charge in [-0.15, -0.1) is 0 Å². The van der Waals surface area contributed by atoms with Crippen LogP contribution in [0.3, 0.4) is 0 Å². The molecule has 0 aromatic heterocycles. The van der Waals surface area contributed by atoms with E-state index in [1.165, 1.54) is 5.56 Å². The van der Waals surface area contributed by atoms with Gasteiger partial charge >= 0.3 is 0 Å². The van der Waals surface area contributed by atoms with Gasteiger partial charge in [0.1, 0.15) is 5.75 Å². The summed E-state index contributed by atoms with van der Waals surface area (Å²) in [5.74, 6) is 0.894. The van der Waals surface area contributed by atoms with Gasteiger partial charge < -0.3 is 14.8 Å². The summed E-state index contributed by atoms with van der Waals surface area (Å²) in [5, 5.41) is 3.39. The number of nitrogens with one attached hydrogen (secondary N) is 1. The maximum atomic E-state index is 5.65. The zero-order valence-electron chi connectivity index (χ0n) is 11.3. The lowest BCUT2D eigenvalue weighted by Crippen LogP contribution is -2.18. The molecule has 3 nitrogen and oxygen atoms in total. The van der Waals surface area contributed by atoms with E-state index in [-0.39, 0.29) is 0 Å². The van der Waals surface area contributed by atoms with E-state index in [1.807, 2.05) is 12.1 Å². The highest BCUT2D eigenvalue weighted by Gasteiger charge is 2.08. The van der Waals surface area contributed by atoms with Gasteiger partial charge in [-0.3, -0.25) is 0 Å². The second-order valence-electron chi connectivity index (χ2n) is 4.16. The fourth-order valence-electron chi connectivity index (χ4n) is 1.76. The average Bonchev–Trinajstić information content (AvgIpc) is 2.35. The molecule has 0 radical (unpaired) electrons. The molecular weight excluding hydrogens is 294 g/mol. The number of ether oxygens (including phenoxy) is 2. The van der Waals surface area contributed by atoms with Crippen LogP contribution >= 0.6 is 15.9 Å². The predicted molar refractivity (Wildman–Crippen MR) is 78.2 cm³/mol. The summed E-state index contributed by atoms with van der Waals surface area (Å²) < 4.78 is 11.7. The fraction of sp³-hybridized carbons (Fsp3) is 0.571. The molecule has 0 saturated carbocycles. The van der Waals surface area contributed by atoms with E-state index in [1.54, 1.807) is 7.11 Å². The summed E-state index contributed by atoms with van der Waals surface area (Å²) >= 11 is 3.60. The number of benzene rings is 1. The van der Waals surface area contributed by atoms with E-state index < -0.39 is 0 Å². The Balaban J connectivity index is 2.56. The Morgan fingerprint density at radius 1 is 1.33 bits per heavy atom. The van der Waals surface area contributed by atoms with E-state index in [2.05, 4.69) is 41.2 Å². The van der Waals surface area contributed by atoms with Gasteiger partial charge in [-0.2, -0.15) is 0 Å². The van der Waals surface area contributed by atoms with E-state index in [9.17, 15) is 0 Å². The molecule has 0 fully saturated rings. The molecule has 0 aliphatic rings.